The Kier molecular flexibility index (Phi) is 2.58. The summed E-state index contributed by atoms with van der Waals surface area (Å²) in [6, 6.07) is 3.25. The molecule has 1 N–H and O–H groups in total. The minimum Gasteiger partial charge on any atom is -0.476 e. The summed E-state index contributed by atoms with van der Waals surface area (Å²) in [5, 5.41) is 9.21. The molecule has 2 rings (SSSR count). The Balaban J connectivity index is 2.76. The number of aromatic nitrogens is 2. The van der Waals surface area contributed by atoms with E-state index in [1.54, 1.807) is 12.1 Å². The van der Waals surface area contributed by atoms with Crippen LogP contribution in [0.25, 0.3) is 11.0 Å². The van der Waals surface area contributed by atoms with E-state index in [0.717, 1.165) is 0 Å². The number of carboxylic acids is 1. The van der Waals surface area contributed by atoms with E-state index in [1.807, 2.05) is 0 Å². The molecule has 0 saturated carbocycles. The van der Waals surface area contributed by atoms with Crippen molar-refractivity contribution in [1.29, 1.82) is 0 Å². The maximum Gasteiger partial charge on any atom is 0.356 e. The van der Waals surface area contributed by atoms with Crippen molar-refractivity contribution in [1.82, 2.24) is 9.97 Å². The Morgan fingerprint density at radius 3 is 2.87 bits per heavy atom. The van der Waals surface area contributed by atoms with Gasteiger partial charge in [-0.1, -0.05) is 11.6 Å². The number of hydrogen-bond acceptors (Lipinski definition) is 3. The summed E-state index contributed by atoms with van der Waals surface area (Å²) in [4.78, 5) is 18.6. The molecule has 2 aromatic rings. The molecule has 1 aromatic heterocycles. The van der Waals surface area contributed by atoms with Crippen molar-refractivity contribution in [3.8, 4) is 0 Å². The Labute approximate surface area is 98.0 Å². The van der Waals surface area contributed by atoms with Gasteiger partial charge in [-0.25, -0.2) is 9.78 Å². The van der Waals surface area contributed by atoms with Gasteiger partial charge in [0.1, 0.15) is 5.52 Å². The van der Waals surface area contributed by atoms with Gasteiger partial charge in [-0.3, -0.25) is 4.98 Å². The number of benzene rings is 1. The lowest BCUT2D eigenvalue weighted by atomic mass is 10.3. The average Bonchev–Trinajstić information content (AvgIpc) is 2.16. The average molecular weight is 288 g/mol. The molecule has 0 unspecified atom stereocenters. The third kappa shape index (κ3) is 1.93. The molecule has 76 valence electrons. The highest BCUT2D eigenvalue weighted by Crippen LogP contribution is 2.25. The number of hydrogen-bond donors (Lipinski definition) is 1. The Morgan fingerprint density at radius 2 is 2.20 bits per heavy atom. The fraction of sp³-hybridized carbons (Fsp3) is 0. The second kappa shape index (κ2) is 3.75. The molecule has 1 heterocycles. The number of halogens is 2. The van der Waals surface area contributed by atoms with Crippen molar-refractivity contribution in [2.24, 2.45) is 0 Å². The topological polar surface area (TPSA) is 63.1 Å². The largest absolute Gasteiger partial charge is 0.476 e. The Bertz CT molecular complexity index is 559. The van der Waals surface area contributed by atoms with E-state index in [9.17, 15) is 4.79 Å². The van der Waals surface area contributed by atoms with Gasteiger partial charge in [0.15, 0.2) is 5.69 Å². The van der Waals surface area contributed by atoms with Crippen LogP contribution in [-0.4, -0.2) is 21.0 Å². The predicted octanol–water partition coefficient (Wildman–Crippen LogP) is 2.74. The number of carboxylic acid groups (broad SMARTS) is 1. The molecule has 4 nitrogen and oxygen atoms in total. The zero-order valence-electron chi connectivity index (χ0n) is 7.24. The van der Waals surface area contributed by atoms with Crippen LogP contribution < -0.4 is 0 Å². The quantitative estimate of drug-likeness (QED) is 0.876. The standard InChI is InChI=1S/C9H4BrClN2O2/c10-5-1-4(11)2-6-8(5)12-3-7(13-6)9(14)15/h1-3H,(H,14,15). The number of carbonyl (C=O) groups is 1. The van der Waals surface area contributed by atoms with Gasteiger partial charge in [0, 0.05) is 9.50 Å². The molecule has 6 heteroatoms. The molecule has 0 amide bonds. The number of aromatic carboxylic acids is 1. The third-order valence-corrected chi connectivity index (χ3v) is 2.61. The van der Waals surface area contributed by atoms with E-state index < -0.39 is 5.97 Å². The highest BCUT2D eigenvalue weighted by molar-refractivity contribution is 9.10. The molecule has 0 saturated heterocycles. The normalized spacial score (nSPS) is 10.5. The molecule has 1 aromatic carbocycles. The SMILES string of the molecule is O=C(O)c1cnc2c(Br)cc(Cl)cc2n1. The Hall–Kier alpha value is -1.20. The molecule has 0 aliphatic heterocycles. The van der Waals surface area contributed by atoms with Gasteiger partial charge in [-0.15, -0.1) is 0 Å². The van der Waals surface area contributed by atoms with Gasteiger partial charge >= 0.3 is 5.97 Å². The summed E-state index contributed by atoms with van der Waals surface area (Å²) in [6.07, 6.45) is 1.21. The summed E-state index contributed by atoms with van der Waals surface area (Å²) < 4.78 is 0.689. The van der Waals surface area contributed by atoms with E-state index >= 15 is 0 Å². The predicted molar refractivity (Wildman–Crippen MR) is 59.2 cm³/mol. The van der Waals surface area contributed by atoms with Crippen LogP contribution in [0.5, 0.6) is 0 Å². The lowest BCUT2D eigenvalue weighted by molar-refractivity contribution is 0.0690. The van der Waals surface area contributed by atoms with Crippen molar-refractivity contribution in [3.05, 3.63) is 33.5 Å². The summed E-state index contributed by atoms with van der Waals surface area (Å²) >= 11 is 9.09. The molecule has 0 radical (unpaired) electrons. The molecule has 0 fully saturated rings. The molecular formula is C9H4BrClN2O2. The van der Waals surface area contributed by atoms with Crippen LogP contribution in [0.15, 0.2) is 22.8 Å². The zero-order valence-corrected chi connectivity index (χ0v) is 9.58. The van der Waals surface area contributed by atoms with E-state index in [1.165, 1.54) is 6.20 Å². The van der Waals surface area contributed by atoms with Crippen LogP contribution in [0.2, 0.25) is 5.02 Å². The minimum atomic E-state index is -1.11. The first-order valence-corrected chi connectivity index (χ1v) is 5.10. The second-order valence-corrected chi connectivity index (χ2v) is 4.11. The lowest BCUT2D eigenvalue weighted by Gasteiger charge is -2.01. The molecule has 0 aliphatic carbocycles. The van der Waals surface area contributed by atoms with Crippen LogP contribution in [0.1, 0.15) is 10.5 Å². The van der Waals surface area contributed by atoms with Crippen LogP contribution >= 0.6 is 27.5 Å². The number of fused-ring (bicyclic) bond motifs is 1. The van der Waals surface area contributed by atoms with Crippen LogP contribution in [-0.2, 0) is 0 Å². The van der Waals surface area contributed by atoms with Gasteiger partial charge in [-0.05, 0) is 28.1 Å². The van der Waals surface area contributed by atoms with Gasteiger partial charge in [0.05, 0.1) is 11.7 Å². The fourth-order valence-electron chi connectivity index (χ4n) is 1.15. The highest BCUT2D eigenvalue weighted by Gasteiger charge is 2.09. The Morgan fingerprint density at radius 1 is 1.47 bits per heavy atom. The molecule has 0 spiro atoms. The van der Waals surface area contributed by atoms with Crippen molar-refractivity contribution in [2.45, 2.75) is 0 Å². The van der Waals surface area contributed by atoms with Gasteiger partial charge in [0.2, 0.25) is 0 Å². The first kappa shape index (κ1) is 10.3. The molecule has 0 aliphatic rings. The molecule has 15 heavy (non-hydrogen) atoms. The van der Waals surface area contributed by atoms with Crippen LogP contribution in [0, 0.1) is 0 Å². The molecular weight excluding hydrogens is 283 g/mol. The van der Waals surface area contributed by atoms with E-state index in [2.05, 4.69) is 25.9 Å². The number of rotatable bonds is 1. The third-order valence-electron chi connectivity index (χ3n) is 1.78. The smallest absolute Gasteiger partial charge is 0.356 e. The summed E-state index contributed by atoms with van der Waals surface area (Å²) in [6.45, 7) is 0. The molecule has 0 atom stereocenters. The first-order valence-electron chi connectivity index (χ1n) is 3.93. The van der Waals surface area contributed by atoms with Gasteiger partial charge < -0.3 is 5.11 Å². The molecule has 0 bridgehead atoms. The zero-order chi connectivity index (χ0) is 11.0. The van der Waals surface area contributed by atoms with Gasteiger partial charge in [-0.2, -0.15) is 0 Å². The summed E-state index contributed by atoms with van der Waals surface area (Å²) in [5.41, 5.74) is 0.940. The van der Waals surface area contributed by atoms with Crippen molar-refractivity contribution in [2.75, 3.05) is 0 Å². The second-order valence-electron chi connectivity index (χ2n) is 2.82. The van der Waals surface area contributed by atoms with Crippen LogP contribution in [0.3, 0.4) is 0 Å². The maximum atomic E-state index is 10.7. The van der Waals surface area contributed by atoms with E-state index in [-0.39, 0.29) is 5.69 Å². The van der Waals surface area contributed by atoms with Gasteiger partial charge in [0.25, 0.3) is 0 Å². The highest BCUT2D eigenvalue weighted by atomic mass is 79.9. The summed E-state index contributed by atoms with van der Waals surface area (Å²) in [5.74, 6) is -1.11. The van der Waals surface area contributed by atoms with Crippen LogP contribution in [0.4, 0.5) is 0 Å². The minimum absolute atomic E-state index is 0.100. The van der Waals surface area contributed by atoms with Crippen molar-refractivity contribution < 1.29 is 9.90 Å². The number of nitrogens with zero attached hydrogens (tertiary/aromatic N) is 2. The van der Waals surface area contributed by atoms with Crippen molar-refractivity contribution >= 4 is 44.5 Å². The monoisotopic (exact) mass is 286 g/mol. The van der Waals surface area contributed by atoms with Crippen molar-refractivity contribution in [3.63, 3.8) is 0 Å². The maximum absolute atomic E-state index is 10.7. The van der Waals surface area contributed by atoms with E-state index in [0.29, 0.717) is 20.5 Å². The lowest BCUT2D eigenvalue weighted by Crippen LogP contribution is -2.01. The first-order chi connectivity index (χ1) is 7.08. The summed E-state index contributed by atoms with van der Waals surface area (Å²) in [7, 11) is 0. The fourth-order valence-corrected chi connectivity index (χ4v) is 2.05. The van der Waals surface area contributed by atoms with E-state index in [4.69, 9.17) is 16.7 Å².